The van der Waals surface area contributed by atoms with E-state index in [1.165, 1.54) is 11.1 Å². The van der Waals surface area contributed by atoms with E-state index in [2.05, 4.69) is 102 Å². The van der Waals surface area contributed by atoms with Crippen LogP contribution in [0.15, 0.2) is 102 Å². The molecule has 0 heterocycles. The zero-order valence-corrected chi connectivity index (χ0v) is 25.1. The SMILES string of the molecule is Cc1ccc([P+](c2ccccc2)(c2ccc(C(C)(C)C)cc2)c2ccc(C(C)(C)C)cc2)c(S(=O)(=O)O)c1. The largest absolute Gasteiger partial charge is 0.298 e. The van der Waals surface area contributed by atoms with Crippen LogP contribution in [0, 0.1) is 6.92 Å². The summed E-state index contributed by atoms with van der Waals surface area (Å²) in [4.78, 5) is -0.0329. The zero-order chi connectivity index (χ0) is 27.9. The molecule has 0 aliphatic carbocycles. The first-order valence-electron chi connectivity index (χ1n) is 12.9. The summed E-state index contributed by atoms with van der Waals surface area (Å²) in [6.45, 7) is 14.9. The summed E-state index contributed by atoms with van der Waals surface area (Å²) in [5, 5.41) is 3.73. The zero-order valence-electron chi connectivity index (χ0n) is 23.4. The van der Waals surface area contributed by atoms with Gasteiger partial charge in [-0.05, 0) is 83.0 Å². The second-order valence-corrected chi connectivity index (χ2v) is 16.8. The predicted octanol–water partition coefficient (Wildman–Crippen LogP) is 6.46. The van der Waals surface area contributed by atoms with Crippen molar-refractivity contribution >= 4 is 38.6 Å². The quantitative estimate of drug-likeness (QED) is 0.231. The van der Waals surface area contributed by atoms with Crippen LogP contribution in [0.5, 0.6) is 0 Å². The molecule has 0 bridgehead atoms. The van der Waals surface area contributed by atoms with E-state index in [4.69, 9.17) is 0 Å². The summed E-state index contributed by atoms with van der Waals surface area (Å²) >= 11 is 0. The first-order valence-corrected chi connectivity index (χ1v) is 16.1. The summed E-state index contributed by atoms with van der Waals surface area (Å²) in [7, 11) is -7.24. The molecule has 0 aliphatic heterocycles. The highest BCUT2D eigenvalue weighted by molar-refractivity contribution is 8.02. The van der Waals surface area contributed by atoms with Gasteiger partial charge in [0.2, 0.25) is 0 Å². The maximum atomic E-state index is 12.9. The van der Waals surface area contributed by atoms with E-state index in [0.717, 1.165) is 21.5 Å². The summed E-state index contributed by atoms with van der Waals surface area (Å²) in [5.74, 6) is 0. The fraction of sp³-hybridized carbons (Fsp3) is 0.273. The third-order valence-electron chi connectivity index (χ3n) is 7.14. The molecule has 5 heteroatoms. The van der Waals surface area contributed by atoms with Crippen LogP contribution in [0.25, 0.3) is 0 Å². The van der Waals surface area contributed by atoms with E-state index in [9.17, 15) is 13.0 Å². The van der Waals surface area contributed by atoms with E-state index >= 15 is 0 Å². The van der Waals surface area contributed by atoms with Gasteiger partial charge in [-0.15, -0.1) is 0 Å². The van der Waals surface area contributed by atoms with Gasteiger partial charge < -0.3 is 0 Å². The van der Waals surface area contributed by atoms with Crippen molar-refractivity contribution in [2.24, 2.45) is 0 Å². The van der Waals surface area contributed by atoms with Gasteiger partial charge in [0.1, 0.15) is 33.4 Å². The van der Waals surface area contributed by atoms with Gasteiger partial charge in [-0.2, -0.15) is 8.42 Å². The first-order chi connectivity index (χ1) is 17.6. The summed E-state index contributed by atoms with van der Waals surface area (Å²) in [5.41, 5.74) is 3.14. The fourth-order valence-corrected chi connectivity index (χ4v) is 10.6. The van der Waals surface area contributed by atoms with Gasteiger partial charge in [-0.25, -0.2) is 0 Å². The van der Waals surface area contributed by atoms with Crippen molar-refractivity contribution in [3.8, 4) is 0 Å². The minimum Gasteiger partial charge on any atom is -0.282 e. The normalized spacial score (nSPS) is 12.9. The van der Waals surface area contributed by atoms with Crippen LogP contribution in [-0.4, -0.2) is 13.0 Å². The van der Waals surface area contributed by atoms with Gasteiger partial charge in [-0.3, -0.25) is 4.55 Å². The van der Waals surface area contributed by atoms with Gasteiger partial charge in [0.15, 0.2) is 0 Å². The van der Waals surface area contributed by atoms with Gasteiger partial charge in [0, 0.05) is 0 Å². The number of hydrogen-bond acceptors (Lipinski definition) is 2. The highest BCUT2D eigenvalue weighted by Gasteiger charge is 2.51. The molecule has 0 atom stereocenters. The Labute approximate surface area is 229 Å². The molecule has 0 saturated carbocycles. The van der Waals surface area contributed by atoms with E-state index in [0.29, 0.717) is 5.30 Å². The predicted molar refractivity (Wildman–Crippen MR) is 163 cm³/mol. The lowest BCUT2D eigenvalue weighted by atomic mass is 9.87. The Kier molecular flexibility index (Phi) is 7.49. The average Bonchev–Trinajstić information content (AvgIpc) is 2.85. The molecule has 0 aliphatic rings. The molecule has 4 aromatic rings. The molecule has 4 rings (SSSR count). The van der Waals surface area contributed by atoms with Gasteiger partial charge >= 0.3 is 0 Å². The Bertz CT molecular complexity index is 1470. The van der Waals surface area contributed by atoms with Crippen molar-refractivity contribution < 1.29 is 13.0 Å². The molecule has 38 heavy (non-hydrogen) atoms. The second kappa shape index (κ2) is 10.1. The molecule has 0 aromatic heterocycles. The first kappa shape index (κ1) is 28.2. The lowest BCUT2D eigenvalue weighted by Crippen LogP contribution is -2.40. The highest BCUT2D eigenvalue weighted by Crippen LogP contribution is 2.55. The third kappa shape index (κ3) is 5.36. The number of benzene rings is 4. The van der Waals surface area contributed by atoms with E-state index in [1.54, 1.807) is 6.07 Å². The molecular formula is C33H38O3PS+. The van der Waals surface area contributed by atoms with Crippen molar-refractivity contribution in [1.82, 2.24) is 0 Å². The number of rotatable bonds is 5. The Morgan fingerprint density at radius 3 is 1.42 bits per heavy atom. The molecule has 198 valence electrons. The van der Waals surface area contributed by atoms with Crippen molar-refractivity contribution in [3.05, 3.63) is 114 Å². The Morgan fingerprint density at radius 2 is 1.03 bits per heavy atom. The van der Waals surface area contributed by atoms with Crippen LogP contribution >= 0.6 is 7.26 Å². The topological polar surface area (TPSA) is 54.4 Å². The molecule has 3 nitrogen and oxygen atoms in total. The highest BCUT2D eigenvalue weighted by atomic mass is 32.2. The van der Waals surface area contributed by atoms with Crippen LogP contribution < -0.4 is 21.2 Å². The second-order valence-electron chi connectivity index (χ2n) is 12.0. The Hall–Kier alpha value is -2.78. The van der Waals surface area contributed by atoms with Gasteiger partial charge in [0.25, 0.3) is 10.1 Å². The fourth-order valence-electron chi connectivity index (χ4n) is 4.99. The monoisotopic (exact) mass is 545 g/mol. The molecular weight excluding hydrogens is 507 g/mol. The lowest BCUT2D eigenvalue weighted by Gasteiger charge is -2.30. The number of aryl methyl sites for hydroxylation is 1. The maximum absolute atomic E-state index is 12.9. The van der Waals surface area contributed by atoms with E-state index < -0.39 is 17.4 Å². The third-order valence-corrected chi connectivity index (χ3v) is 12.5. The molecule has 0 amide bonds. The van der Waals surface area contributed by atoms with Crippen molar-refractivity contribution in [3.63, 3.8) is 0 Å². The van der Waals surface area contributed by atoms with Crippen LogP contribution in [0.3, 0.4) is 0 Å². The van der Waals surface area contributed by atoms with E-state index in [1.807, 2.05) is 37.3 Å². The molecule has 0 spiro atoms. The van der Waals surface area contributed by atoms with Crippen molar-refractivity contribution in [2.75, 3.05) is 0 Å². The minimum absolute atomic E-state index is 0.0236. The molecule has 0 fully saturated rings. The summed E-state index contributed by atoms with van der Waals surface area (Å²) < 4.78 is 36.3. The minimum atomic E-state index is -4.50. The standard InChI is InChI=1S/C33H37O3PS/c1-24-13-22-30(31(23-24)38(34,35)36)37(27-11-9-8-10-12-27,28-18-14-25(15-19-28)32(2,3)4)29-20-16-26(17-21-29)33(5,6)7/h8-23H,1-7H3/p+1. The van der Waals surface area contributed by atoms with Crippen LogP contribution in [0.1, 0.15) is 58.2 Å². The maximum Gasteiger partial charge on any atom is 0.298 e. The van der Waals surface area contributed by atoms with Crippen LogP contribution in [0.2, 0.25) is 0 Å². The van der Waals surface area contributed by atoms with Crippen molar-refractivity contribution in [2.45, 2.75) is 64.2 Å². The van der Waals surface area contributed by atoms with E-state index in [-0.39, 0.29) is 15.7 Å². The van der Waals surface area contributed by atoms with Gasteiger partial charge in [-0.1, -0.05) is 90.1 Å². The average molecular weight is 546 g/mol. The van der Waals surface area contributed by atoms with Crippen molar-refractivity contribution in [1.29, 1.82) is 0 Å². The van der Waals surface area contributed by atoms with Gasteiger partial charge in [0.05, 0.1) is 0 Å². The molecule has 1 N–H and O–H groups in total. The smallest absolute Gasteiger partial charge is 0.282 e. The molecule has 4 aromatic carbocycles. The van der Waals surface area contributed by atoms with Crippen LogP contribution in [0.4, 0.5) is 0 Å². The summed E-state index contributed by atoms with van der Waals surface area (Å²) in [6.07, 6.45) is 0. The molecule has 0 unspecified atom stereocenters. The summed E-state index contributed by atoms with van der Waals surface area (Å²) in [6, 6.07) is 32.7. The molecule has 0 saturated heterocycles. The lowest BCUT2D eigenvalue weighted by molar-refractivity contribution is 0.484. The Balaban J connectivity index is 2.19. The molecule has 0 radical (unpaired) electrons. The Morgan fingerprint density at radius 1 is 0.605 bits per heavy atom. The van der Waals surface area contributed by atoms with Crippen LogP contribution in [-0.2, 0) is 20.9 Å². The number of hydrogen-bond donors (Lipinski definition) is 1.